The highest BCUT2D eigenvalue weighted by molar-refractivity contribution is 5.88. The van der Waals surface area contributed by atoms with Crippen molar-refractivity contribution in [2.24, 2.45) is 0 Å². The summed E-state index contributed by atoms with van der Waals surface area (Å²) >= 11 is 0. The first-order valence-corrected chi connectivity index (χ1v) is 7.79. The van der Waals surface area contributed by atoms with Gasteiger partial charge in [0.15, 0.2) is 6.10 Å². The fourth-order valence-electron chi connectivity index (χ4n) is 3.21. The van der Waals surface area contributed by atoms with Crippen LogP contribution in [0.15, 0.2) is 24.3 Å². The zero-order valence-corrected chi connectivity index (χ0v) is 13.2. The topological polar surface area (TPSA) is 75.6 Å². The number of hydrogen-bond donors (Lipinski definition) is 2. The number of aliphatic carboxylic acids is 1. The van der Waals surface area contributed by atoms with Crippen molar-refractivity contribution in [3.63, 3.8) is 0 Å². The SMILES string of the molecule is COC(CNC(=O)C1(c2cccc(F)c2)CCCCC1)C(=O)O. The lowest BCUT2D eigenvalue weighted by atomic mass is 9.68. The van der Waals surface area contributed by atoms with Crippen LogP contribution < -0.4 is 5.32 Å². The predicted molar refractivity (Wildman–Crippen MR) is 82.6 cm³/mol. The van der Waals surface area contributed by atoms with E-state index in [1.807, 2.05) is 0 Å². The van der Waals surface area contributed by atoms with Gasteiger partial charge in [-0.15, -0.1) is 0 Å². The van der Waals surface area contributed by atoms with Crippen LogP contribution in [0, 0.1) is 5.82 Å². The number of carboxylic acids is 1. The molecule has 5 nitrogen and oxygen atoms in total. The molecule has 1 aliphatic carbocycles. The van der Waals surface area contributed by atoms with Crippen LogP contribution >= 0.6 is 0 Å². The average Bonchev–Trinajstić information content (AvgIpc) is 2.55. The molecule has 1 aromatic rings. The van der Waals surface area contributed by atoms with Gasteiger partial charge in [-0.1, -0.05) is 31.4 Å². The summed E-state index contributed by atoms with van der Waals surface area (Å²) in [6.07, 6.45) is 2.99. The number of hydrogen-bond acceptors (Lipinski definition) is 3. The average molecular weight is 323 g/mol. The van der Waals surface area contributed by atoms with Gasteiger partial charge in [0.2, 0.25) is 5.91 Å². The van der Waals surface area contributed by atoms with Crippen LogP contribution in [0.3, 0.4) is 0 Å². The van der Waals surface area contributed by atoms with Crippen LogP contribution in [0.2, 0.25) is 0 Å². The van der Waals surface area contributed by atoms with Gasteiger partial charge in [-0.2, -0.15) is 0 Å². The lowest BCUT2D eigenvalue weighted by molar-refractivity contribution is -0.148. The smallest absolute Gasteiger partial charge is 0.334 e. The lowest BCUT2D eigenvalue weighted by Gasteiger charge is -2.36. The van der Waals surface area contributed by atoms with Crippen LogP contribution in [-0.4, -0.2) is 36.7 Å². The number of rotatable bonds is 6. The Morgan fingerprint density at radius 3 is 2.61 bits per heavy atom. The summed E-state index contributed by atoms with van der Waals surface area (Å²) in [5.41, 5.74) is -0.143. The first-order valence-electron chi connectivity index (χ1n) is 7.79. The zero-order chi connectivity index (χ0) is 16.9. The summed E-state index contributed by atoms with van der Waals surface area (Å²) in [5.74, 6) is -1.76. The molecule has 1 fully saturated rings. The Bertz CT molecular complexity index is 569. The molecule has 1 atom stereocenters. The monoisotopic (exact) mass is 323 g/mol. The molecule has 2 rings (SSSR count). The number of ether oxygens (including phenoxy) is 1. The number of carbonyl (C=O) groups excluding carboxylic acids is 1. The number of amides is 1. The Morgan fingerprint density at radius 1 is 1.35 bits per heavy atom. The molecule has 0 bridgehead atoms. The molecule has 1 unspecified atom stereocenters. The summed E-state index contributed by atoms with van der Waals surface area (Å²) in [7, 11) is 1.29. The highest BCUT2D eigenvalue weighted by Crippen LogP contribution is 2.39. The Kier molecular flexibility index (Phi) is 5.71. The van der Waals surface area contributed by atoms with Crippen LogP contribution in [-0.2, 0) is 19.7 Å². The molecule has 6 heteroatoms. The van der Waals surface area contributed by atoms with Crippen molar-refractivity contribution in [1.29, 1.82) is 0 Å². The predicted octanol–water partition coefficient (Wildman–Crippen LogP) is 2.24. The quantitative estimate of drug-likeness (QED) is 0.842. The molecule has 0 saturated heterocycles. The maximum absolute atomic E-state index is 13.6. The summed E-state index contributed by atoms with van der Waals surface area (Å²) in [5, 5.41) is 11.7. The summed E-state index contributed by atoms with van der Waals surface area (Å²) in [6.45, 7) is -0.109. The second-order valence-corrected chi connectivity index (χ2v) is 5.93. The fraction of sp³-hybridized carbons (Fsp3) is 0.529. The number of methoxy groups -OCH3 is 1. The number of benzene rings is 1. The molecule has 1 aliphatic rings. The van der Waals surface area contributed by atoms with Crippen LogP contribution in [0.5, 0.6) is 0 Å². The summed E-state index contributed by atoms with van der Waals surface area (Å²) < 4.78 is 18.4. The first-order chi connectivity index (χ1) is 11.0. The third-order valence-electron chi connectivity index (χ3n) is 4.53. The lowest BCUT2D eigenvalue weighted by Crippen LogP contribution is -2.49. The normalized spacial score (nSPS) is 18.2. The molecular formula is C17H22FNO4. The van der Waals surface area contributed by atoms with Crippen molar-refractivity contribution < 1.29 is 23.8 Å². The summed E-state index contributed by atoms with van der Waals surface area (Å²) in [6, 6.07) is 6.11. The van der Waals surface area contributed by atoms with Crippen molar-refractivity contribution in [2.45, 2.75) is 43.6 Å². The molecule has 126 valence electrons. The van der Waals surface area contributed by atoms with Crippen molar-refractivity contribution in [3.8, 4) is 0 Å². The first kappa shape index (κ1) is 17.4. The van der Waals surface area contributed by atoms with Gasteiger partial charge in [-0.3, -0.25) is 4.79 Å². The van der Waals surface area contributed by atoms with E-state index >= 15 is 0 Å². The Labute approximate surface area is 134 Å². The third kappa shape index (κ3) is 3.88. The number of nitrogens with one attached hydrogen (secondary N) is 1. The van der Waals surface area contributed by atoms with Gasteiger partial charge in [-0.05, 0) is 30.5 Å². The van der Waals surface area contributed by atoms with Crippen molar-refractivity contribution in [1.82, 2.24) is 5.32 Å². The molecule has 1 saturated carbocycles. The zero-order valence-electron chi connectivity index (χ0n) is 13.2. The Morgan fingerprint density at radius 2 is 2.04 bits per heavy atom. The van der Waals surface area contributed by atoms with Gasteiger partial charge in [0, 0.05) is 7.11 Å². The van der Waals surface area contributed by atoms with E-state index in [0.29, 0.717) is 18.4 Å². The highest BCUT2D eigenvalue weighted by atomic mass is 19.1. The third-order valence-corrected chi connectivity index (χ3v) is 4.53. The molecule has 0 aliphatic heterocycles. The molecule has 2 N–H and O–H groups in total. The number of halogens is 1. The standard InChI is InChI=1S/C17H22FNO4/c1-23-14(15(20)21)11-19-16(22)17(8-3-2-4-9-17)12-6-5-7-13(18)10-12/h5-7,10,14H,2-4,8-9,11H2,1H3,(H,19,22)(H,20,21). The molecule has 23 heavy (non-hydrogen) atoms. The summed E-state index contributed by atoms with van der Waals surface area (Å²) in [4.78, 5) is 23.8. The second kappa shape index (κ2) is 7.55. The van der Waals surface area contributed by atoms with Gasteiger partial charge in [0.05, 0.1) is 12.0 Å². The van der Waals surface area contributed by atoms with Gasteiger partial charge < -0.3 is 15.2 Å². The van der Waals surface area contributed by atoms with Gasteiger partial charge in [-0.25, -0.2) is 9.18 Å². The van der Waals surface area contributed by atoms with Crippen LogP contribution in [0.4, 0.5) is 4.39 Å². The Hall–Kier alpha value is -1.95. The molecule has 0 spiro atoms. The van der Waals surface area contributed by atoms with Crippen molar-refractivity contribution in [3.05, 3.63) is 35.6 Å². The fourth-order valence-corrected chi connectivity index (χ4v) is 3.21. The van der Waals surface area contributed by atoms with Crippen LogP contribution in [0.1, 0.15) is 37.7 Å². The van der Waals surface area contributed by atoms with Crippen LogP contribution in [0.25, 0.3) is 0 Å². The van der Waals surface area contributed by atoms with Gasteiger partial charge in [0.1, 0.15) is 5.82 Å². The minimum atomic E-state index is -1.13. The number of carbonyl (C=O) groups is 2. The van der Waals surface area contributed by atoms with E-state index in [0.717, 1.165) is 19.3 Å². The van der Waals surface area contributed by atoms with E-state index in [2.05, 4.69) is 5.32 Å². The van der Waals surface area contributed by atoms with Gasteiger partial charge >= 0.3 is 5.97 Å². The Balaban J connectivity index is 2.21. The maximum Gasteiger partial charge on any atom is 0.334 e. The van der Waals surface area contributed by atoms with Gasteiger partial charge in [0.25, 0.3) is 0 Å². The highest BCUT2D eigenvalue weighted by Gasteiger charge is 2.41. The van der Waals surface area contributed by atoms with E-state index in [1.165, 1.54) is 19.2 Å². The van der Waals surface area contributed by atoms with E-state index < -0.39 is 17.5 Å². The minimum absolute atomic E-state index is 0.109. The molecule has 0 radical (unpaired) electrons. The van der Waals surface area contributed by atoms with E-state index in [9.17, 15) is 14.0 Å². The molecule has 0 aromatic heterocycles. The van der Waals surface area contributed by atoms with Crippen molar-refractivity contribution in [2.75, 3.05) is 13.7 Å². The molecule has 1 aromatic carbocycles. The van der Waals surface area contributed by atoms with E-state index in [-0.39, 0.29) is 18.3 Å². The van der Waals surface area contributed by atoms with Crippen molar-refractivity contribution >= 4 is 11.9 Å². The molecule has 0 heterocycles. The molecule has 1 amide bonds. The second-order valence-electron chi connectivity index (χ2n) is 5.93. The number of carboxylic acid groups (broad SMARTS) is 1. The van der Waals surface area contributed by atoms with E-state index in [1.54, 1.807) is 12.1 Å². The minimum Gasteiger partial charge on any atom is -0.479 e. The van der Waals surface area contributed by atoms with E-state index in [4.69, 9.17) is 9.84 Å². The maximum atomic E-state index is 13.6. The molecular weight excluding hydrogens is 301 g/mol. The largest absolute Gasteiger partial charge is 0.479 e.